The molecule has 1 amide bonds. The molecule has 0 heterocycles. The minimum absolute atomic E-state index is 0.0759. The maximum atomic E-state index is 12.1. The number of unbranched alkanes of at least 4 members (excludes halogenated alkanes) is 23. The van der Waals surface area contributed by atoms with Gasteiger partial charge in [-0.15, -0.1) is 0 Å². The van der Waals surface area contributed by atoms with Gasteiger partial charge in [-0.1, -0.05) is 167 Å². The van der Waals surface area contributed by atoms with Gasteiger partial charge in [0, 0.05) is 19.4 Å². The summed E-state index contributed by atoms with van der Waals surface area (Å²) in [4.78, 5) is 33.9. The molecule has 0 aromatic carbocycles. The van der Waals surface area contributed by atoms with Crippen molar-refractivity contribution in [2.24, 2.45) is 0 Å². The van der Waals surface area contributed by atoms with Gasteiger partial charge in [0.15, 0.2) is 0 Å². The fourth-order valence-electron chi connectivity index (χ4n) is 5.88. The third kappa shape index (κ3) is 39.7. The second-order valence-corrected chi connectivity index (χ2v) is 15.8. The summed E-state index contributed by atoms with van der Waals surface area (Å²) in [6.07, 6.45) is 41.0. The lowest BCUT2D eigenvalue weighted by Gasteiger charge is -2.15. The van der Waals surface area contributed by atoms with Crippen LogP contribution in [0.1, 0.15) is 200 Å². The molecule has 0 bridgehead atoms. The highest BCUT2D eigenvalue weighted by molar-refractivity contribution is 7.47. The molecular weight excluding hydrogens is 677 g/mol. The van der Waals surface area contributed by atoms with Crippen LogP contribution in [0.15, 0.2) is 24.3 Å². The molecule has 0 rings (SSSR count). The summed E-state index contributed by atoms with van der Waals surface area (Å²) in [5.41, 5.74) is 0. The van der Waals surface area contributed by atoms with Gasteiger partial charge in [0.05, 0.1) is 13.2 Å². The van der Waals surface area contributed by atoms with E-state index in [-0.39, 0.29) is 32.1 Å². The lowest BCUT2D eigenvalue weighted by atomic mass is 10.0. The lowest BCUT2D eigenvalue weighted by Crippen LogP contribution is -2.27. The minimum atomic E-state index is -4.41. The summed E-state index contributed by atoms with van der Waals surface area (Å²) in [6.45, 7) is 3.53. The number of allylic oxidation sites excluding steroid dienone is 4. The van der Waals surface area contributed by atoms with E-state index in [9.17, 15) is 24.2 Å². The molecule has 306 valence electrons. The number of hydrogen-bond donors (Lipinski definition) is 3. The standard InChI is InChI=1S/C42H80NO8P/c1-3-5-7-9-11-13-15-17-19-21-23-25-27-29-31-33-35-42(46)49-38-40(44)39-51-52(47,48)50-37-36-43-41(45)34-32-30-28-26-24-22-20-18-16-14-12-10-8-6-4-2/h12,14,18,20,40,44H,3-11,13,15-17,19,21-39H2,1-2H3,(H,43,45)(H,47,48)/b14-12-,20-18-. The van der Waals surface area contributed by atoms with Crippen LogP contribution in [0.2, 0.25) is 0 Å². The van der Waals surface area contributed by atoms with Crippen molar-refractivity contribution in [2.45, 2.75) is 206 Å². The van der Waals surface area contributed by atoms with Gasteiger partial charge in [-0.05, 0) is 44.9 Å². The summed E-state index contributed by atoms with van der Waals surface area (Å²) in [6, 6.07) is 0. The van der Waals surface area contributed by atoms with Gasteiger partial charge in [-0.25, -0.2) is 4.57 Å². The van der Waals surface area contributed by atoms with E-state index in [0.717, 1.165) is 64.2 Å². The minimum Gasteiger partial charge on any atom is -0.463 e. The number of esters is 1. The Labute approximate surface area is 319 Å². The Balaban J connectivity index is 3.60. The fourth-order valence-corrected chi connectivity index (χ4v) is 6.64. The Hall–Kier alpha value is -1.51. The molecule has 0 aliphatic heterocycles. The zero-order valence-electron chi connectivity index (χ0n) is 33.5. The van der Waals surface area contributed by atoms with E-state index in [4.69, 9.17) is 13.8 Å². The van der Waals surface area contributed by atoms with Gasteiger partial charge in [-0.3, -0.25) is 18.6 Å². The Morgan fingerprint density at radius 3 is 1.58 bits per heavy atom. The molecule has 0 fully saturated rings. The van der Waals surface area contributed by atoms with Crippen molar-refractivity contribution in [2.75, 3.05) is 26.4 Å². The molecule has 0 saturated carbocycles. The number of carbonyl (C=O) groups excluding carboxylic acids is 2. The van der Waals surface area contributed by atoms with Gasteiger partial charge >= 0.3 is 13.8 Å². The van der Waals surface area contributed by atoms with Crippen molar-refractivity contribution in [3.05, 3.63) is 24.3 Å². The van der Waals surface area contributed by atoms with Gasteiger partial charge in [0.1, 0.15) is 12.7 Å². The van der Waals surface area contributed by atoms with E-state index in [1.54, 1.807) is 0 Å². The molecule has 0 radical (unpaired) electrons. The van der Waals surface area contributed by atoms with Gasteiger partial charge < -0.3 is 20.1 Å². The van der Waals surface area contributed by atoms with Gasteiger partial charge in [0.2, 0.25) is 5.91 Å². The first-order valence-electron chi connectivity index (χ1n) is 21.3. The fraction of sp³-hybridized carbons (Fsp3) is 0.857. The molecule has 2 atom stereocenters. The summed E-state index contributed by atoms with van der Waals surface area (Å²) in [5, 5.41) is 12.7. The molecule has 0 aromatic rings. The highest BCUT2D eigenvalue weighted by atomic mass is 31.2. The molecule has 0 spiro atoms. The summed E-state index contributed by atoms with van der Waals surface area (Å²) in [7, 11) is -4.41. The van der Waals surface area contributed by atoms with E-state index in [1.165, 1.54) is 109 Å². The zero-order chi connectivity index (χ0) is 38.2. The van der Waals surface area contributed by atoms with Crippen LogP contribution in [0, 0.1) is 0 Å². The predicted octanol–water partition coefficient (Wildman–Crippen LogP) is 11.6. The molecule has 52 heavy (non-hydrogen) atoms. The van der Waals surface area contributed by atoms with Crippen molar-refractivity contribution >= 4 is 19.7 Å². The van der Waals surface area contributed by atoms with E-state index < -0.39 is 26.5 Å². The Kier molecular flexibility index (Phi) is 38.1. The number of aliphatic hydroxyl groups is 1. The summed E-state index contributed by atoms with van der Waals surface area (Å²) in [5.74, 6) is -0.525. The topological polar surface area (TPSA) is 131 Å². The molecule has 9 nitrogen and oxygen atoms in total. The molecule has 0 aliphatic carbocycles. The van der Waals surface area contributed by atoms with Crippen LogP contribution in [-0.4, -0.2) is 54.3 Å². The van der Waals surface area contributed by atoms with Crippen LogP contribution in [0.25, 0.3) is 0 Å². The highest BCUT2D eigenvalue weighted by Gasteiger charge is 2.23. The molecule has 0 aliphatic rings. The molecule has 3 N–H and O–H groups in total. The average molecular weight is 758 g/mol. The van der Waals surface area contributed by atoms with Crippen molar-refractivity contribution in [1.29, 1.82) is 0 Å². The number of rotatable bonds is 40. The smallest absolute Gasteiger partial charge is 0.463 e. The van der Waals surface area contributed by atoms with Crippen LogP contribution >= 0.6 is 7.82 Å². The first-order chi connectivity index (χ1) is 25.3. The number of phosphoric ester groups is 1. The molecular formula is C42H80NO8P. The predicted molar refractivity (Wildman–Crippen MR) is 215 cm³/mol. The molecule has 0 saturated heterocycles. The number of nitrogens with one attached hydrogen (secondary N) is 1. The second kappa shape index (κ2) is 39.2. The number of aliphatic hydroxyl groups excluding tert-OH is 1. The second-order valence-electron chi connectivity index (χ2n) is 14.3. The average Bonchev–Trinajstić information content (AvgIpc) is 3.13. The SMILES string of the molecule is CCCCC/C=C\C/C=C\CCCCCCCC(=O)NCCOP(=O)(O)OCC(O)COC(=O)CCCCCCCCCCCCCCCCCC. The third-order valence-electron chi connectivity index (χ3n) is 9.13. The monoisotopic (exact) mass is 758 g/mol. The maximum Gasteiger partial charge on any atom is 0.472 e. The van der Waals surface area contributed by atoms with Crippen LogP contribution < -0.4 is 5.32 Å². The molecule has 2 unspecified atom stereocenters. The summed E-state index contributed by atoms with van der Waals surface area (Å²) < 4.78 is 26.8. The van der Waals surface area contributed by atoms with E-state index in [2.05, 4.69) is 43.5 Å². The quantitative estimate of drug-likeness (QED) is 0.0244. The molecule has 0 aromatic heterocycles. The number of ether oxygens (including phenoxy) is 1. The summed E-state index contributed by atoms with van der Waals surface area (Å²) >= 11 is 0. The molecule has 10 heteroatoms. The normalized spacial score (nSPS) is 13.5. The van der Waals surface area contributed by atoms with E-state index in [1.807, 2.05) is 0 Å². The van der Waals surface area contributed by atoms with Crippen LogP contribution in [0.3, 0.4) is 0 Å². The Morgan fingerprint density at radius 1 is 0.596 bits per heavy atom. The zero-order valence-corrected chi connectivity index (χ0v) is 34.4. The number of phosphoric acid groups is 1. The largest absolute Gasteiger partial charge is 0.472 e. The van der Waals surface area contributed by atoms with Crippen molar-refractivity contribution < 1.29 is 37.9 Å². The maximum absolute atomic E-state index is 12.1. The first-order valence-corrected chi connectivity index (χ1v) is 22.8. The number of amides is 1. The Morgan fingerprint density at radius 2 is 1.04 bits per heavy atom. The van der Waals surface area contributed by atoms with Gasteiger partial charge in [-0.2, -0.15) is 0 Å². The first kappa shape index (κ1) is 50.5. The third-order valence-corrected chi connectivity index (χ3v) is 10.1. The van der Waals surface area contributed by atoms with Gasteiger partial charge in [0.25, 0.3) is 0 Å². The number of carbonyl (C=O) groups is 2. The van der Waals surface area contributed by atoms with Crippen LogP contribution in [0.5, 0.6) is 0 Å². The van der Waals surface area contributed by atoms with Crippen molar-refractivity contribution in [3.8, 4) is 0 Å². The van der Waals surface area contributed by atoms with E-state index >= 15 is 0 Å². The highest BCUT2D eigenvalue weighted by Crippen LogP contribution is 2.42. The lowest BCUT2D eigenvalue weighted by molar-refractivity contribution is -0.147. The Bertz CT molecular complexity index is 912. The van der Waals surface area contributed by atoms with Crippen LogP contribution in [0.4, 0.5) is 0 Å². The van der Waals surface area contributed by atoms with Crippen molar-refractivity contribution in [3.63, 3.8) is 0 Å². The van der Waals surface area contributed by atoms with Crippen molar-refractivity contribution in [1.82, 2.24) is 5.32 Å². The number of hydrogen-bond acceptors (Lipinski definition) is 7. The van der Waals surface area contributed by atoms with Crippen LogP contribution in [-0.2, 0) is 27.9 Å². The van der Waals surface area contributed by atoms with E-state index in [0.29, 0.717) is 6.42 Å².